The lowest BCUT2D eigenvalue weighted by molar-refractivity contribution is 0.0948. The van der Waals surface area contributed by atoms with Crippen LogP contribution >= 0.6 is 0 Å². The van der Waals surface area contributed by atoms with Gasteiger partial charge in [0.05, 0.1) is 11.4 Å². The molecule has 6 nitrogen and oxygen atoms in total. The van der Waals surface area contributed by atoms with Gasteiger partial charge < -0.3 is 16.2 Å². The summed E-state index contributed by atoms with van der Waals surface area (Å²) in [5.41, 5.74) is 7.06. The summed E-state index contributed by atoms with van der Waals surface area (Å²) in [4.78, 5) is 11.7. The maximum atomic E-state index is 11.7. The smallest absolute Gasteiger partial charge is 0.273 e. The van der Waals surface area contributed by atoms with Crippen molar-refractivity contribution in [2.45, 2.75) is 32.6 Å². The van der Waals surface area contributed by atoms with Gasteiger partial charge in [-0.25, -0.2) is 0 Å². The predicted octanol–water partition coefficient (Wildman–Crippen LogP) is 0.583. The molecule has 1 aromatic heterocycles. The molecule has 0 unspecified atom stereocenters. The van der Waals surface area contributed by atoms with E-state index in [1.165, 1.54) is 0 Å². The largest absolute Gasteiger partial charge is 0.396 e. The Morgan fingerprint density at radius 2 is 2.12 bits per heavy atom. The molecule has 1 rings (SSSR count). The second-order valence-electron chi connectivity index (χ2n) is 4.00. The summed E-state index contributed by atoms with van der Waals surface area (Å²) in [6, 6.07) is 0. The van der Waals surface area contributed by atoms with Crippen molar-refractivity contribution < 1.29 is 9.90 Å². The summed E-state index contributed by atoms with van der Waals surface area (Å²) in [5, 5.41) is 17.9. The Balaban J connectivity index is 2.24. The number of aromatic amines is 1. The molecule has 0 bridgehead atoms. The molecule has 0 spiro atoms. The Morgan fingerprint density at radius 3 is 2.71 bits per heavy atom. The van der Waals surface area contributed by atoms with E-state index in [9.17, 15) is 4.79 Å². The Kier molecular flexibility index (Phi) is 5.48. The van der Waals surface area contributed by atoms with Crippen molar-refractivity contribution in [2.24, 2.45) is 0 Å². The molecular weight excluding hydrogens is 220 g/mol. The number of nitrogens with one attached hydrogen (secondary N) is 2. The Bertz CT molecular complexity index is 362. The van der Waals surface area contributed by atoms with Gasteiger partial charge in [-0.1, -0.05) is 12.8 Å². The number of aliphatic hydroxyl groups is 1. The van der Waals surface area contributed by atoms with Crippen LogP contribution in [-0.4, -0.2) is 34.4 Å². The summed E-state index contributed by atoms with van der Waals surface area (Å²) in [6.45, 7) is 2.61. The van der Waals surface area contributed by atoms with E-state index in [1.54, 1.807) is 6.92 Å². The molecular formula is C11H20N4O2. The number of aliphatic hydroxyl groups excluding tert-OH is 1. The zero-order valence-electron chi connectivity index (χ0n) is 10.1. The van der Waals surface area contributed by atoms with E-state index >= 15 is 0 Å². The third-order valence-corrected chi connectivity index (χ3v) is 2.58. The lowest BCUT2D eigenvalue weighted by Gasteiger charge is -2.03. The monoisotopic (exact) mass is 240 g/mol. The predicted molar refractivity (Wildman–Crippen MR) is 65.6 cm³/mol. The number of amides is 1. The summed E-state index contributed by atoms with van der Waals surface area (Å²) in [7, 11) is 0. The first-order valence-corrected chi connectivity index (χ1v) is 5.86. The lowest BCUT2D eigenvalue weighted by atomic mass is 10.2. The van der Waals surface area contributed by atoms with Crippen LogP contribution in [0.4, 0.5) is 5.69 Å². The van der Waals surface area contributed by atoms with Crippen molar-refractivity contribution in [1.82, 2.24) is 15.5 Å². The van der Waals surface area contributed by atoms with Gasteiger partial charge in [-0.2, -0.15) is 5.10 Å². The van der Waals surface area contributed by atoms with Crippen LogP contribution < -0.4 is 11.1 Å². The molecule has 0 atom stereocenters. The molecule has 6 heteroatoms. The molecule has 0 saturated heterocycles. The van der Waals surface area contributed by atoms with Crippen LogP contribution in [0.25, 0.3) is 0 Å². The van der Waals surface area contributed by atoms with Crippen LogP contribution in [-0.2, 0) is 0 Å². The highest BCUT2D eigenvalue weighted by Gasteiger charge is 2.14. The third kappa shape index (κ3) is 4.07. The van der Waals surface area contributed by atoms with Crippen molar-refractivity contribution in [2.75, 3.05) is 18.9 Å². The van der Waals surface area contributed by atoms with E-state index in [0.29, 0.717) is 17.9 Å². The highest BCUT2D eigenvalue weighted by atomic mass is 16.2. The number of anilines is 1. The first-order valence-electron chi connectivity index (χ1n) is 5.86. The van der Waals surface area contributed by atoms with Crippen LogP contribution in [0.3, 0.4) is 0 Å². The Hall–Kier alpha value is -1.56. The van der Waals surface area contributed by atoms with Gasteiger partial charge in [0.25, 0.3) is 5.91 Å². The van der Waals surface area contributed by atoms with Crippen molar-refractivity contribution in [3.8, 4) is 0 Å². The van der Waals surface area contributed by atoms with E-state index < -0.39 is 0 Å². The molecule has 0 saturated carbocycles. The fraction of sp³-hybridized carbons (Fsp3) is 0.636. The zero-order valence-corrected chi connectivity index (χ0v) is 10.1. The van der Waals surface area contributed by atoms with Gasteiger partial charge in [-0.3, -0.25) is 9.89 Å². The zero-order chi connectivity index (χ0) is 12.7. The number of unbranched alkanes of at least 4 members (excludes halogenated alkanes) is 3. The van der Waals surface area contributed by atoms with Crippen LogP contribution in [0.2, 0.25) is 0 Å². The van der Waals surface area contributed by atoms with Crippen LogP contribution in [0.5, 0.6) is 0 Å². The molecule has 1 amide bonds. The van der Waals surface area contributed by atoms with Crippen molar-refractivity contribution in [3.05, 3.63) is 11.4 Å². The number of carbonyl (C=O) groups excluding carboxylic acids is 1. The molecule has 5 N–H and O–H groups in total. The first kappa shape index (κ1) is 13.5. The van der Waals surface area contributed by atoms with E-state index in [2.05, 4.69) is 15.5 Å². The minimum atomic E-state index is -0.242. The number of H-pyrrole nitrogens is 1. The fourth-order valence-corrected chi connectivity index (χ4v) is 1.49. The van der Waals surface area contributed by atoms with Gasteiger partial charge in [0.2, 0.25) is 0 Å². The second-order valence-corrected chi connectivity index (χ2v) is 4.00. The van der Waals surface area contributed by atoms with Gasteiger partial charge in [0.1, 0.15) is 0 Å². The van der Waals surface area contributed by atoms with E-state index in [-0.39, 0.29) is 18.2 Å². The van der Waals surface area contributed by atoms with E-state index in [4.69, 9.17) is 10.8 Å². The number of nitrogens with two attached hydrogens (primary N) is 1. The van der Waals surface area contributed by atoms with Crippen molar-refractivity contribution in [3.63, 3.8) is 0 Å². The SMILES string of the molecule is Cc1[nH]nc(C(=O)NCCCCCCO)c1N. The maximum Gasteiger partial charge on any atom is 0.273 e. The molecule has 0 aliphatic heterocycles. The minimum absolute atomic E-state index is 0.232. The number of nitrogens with zero attached hydrogens (tertiary/aromatic N) is 1. The summed E-state index contributed by atoms with van der Waals surface area (Å²) in [5.74, 6) is -0.242. The van der Waals surface area contributed by atoms with Gasteiger partial charge in [-0.05, 0) is 19.8 Å². The fourth-order valence-electron chi connectivity index (χ4n) is 1.49. The quantitative estimate of drug-likeness (QED) is 0.523. The third-order valence-electron chi connectivity index (χ3n) is 2.58. The molecule has 0 radical (unpaired) electrons. The van der Waals surface area contributed by atoms with E-state index in [1.807, 2.05) is 0 Å². The van der Waals surface area contributed by atoms with Crippen LogP contribution in [0.15, 0.2) is 0 Å². The Morgan fingerprint density at radius 1 is 1.41 bits per heavy atom. The van der Waals surface area contributed by atoms with Gasteiger partial charge in [0, 0.05) is 13.2 Å². The van der Waals surface area contributed by atoms with Crippen molar-refractivity contribution in [1.29, 1.82) is 0 Å². The topological polar surface area (TPSA) is 104 Å². The molecule has 1 aromatic rings. The Labute approximate surface area is 101 Å². The number of aryl methyl sites for hydroxylation is 1. The number of carbonyl (C=O) groups is 1. The summed E-state index contributed by atoms with van der Waals surface area (Å²) < 4.78 is 0. The average molecular weight is 240 g/mol. The number of aromatic nitrogens is 2. The van der Waals surface area contributed by atoms with Gasteiger partial charge in [-0.15, -0.1) is 0 Å². The maximum absolute atomic E-state index is 11.7. The van der Waals surface area contributed by atoms with E-state index in [0.717, 1.165) is 25.7 Å². The normalized spacial score (nSPS) is 10.5. The summed E-state index contributed by atoms with van der Waals surface area (Å²) in [6.07, 6.45) is 3.69. The molecule has 0 aliphatic carbocycles. The minimum Gasteiger partial charge on any atom is -0.396 e. The average Bonchev–Trinajstić information content (AvgIpc) is 2.64. The molecule has 0 aliphatic rings. The number of nitrogen functional groups attached to an aromatic ring is 1. The van der Waals surface area contributed by atoms with Gasteiger partial charge >= 0.3 is 0 Å². The highest BCUT2D eigenvalue weighted by Crippen LogP contribution is 2.11. The standard InChI is InChI=1S/C11H20N4O2/c1-8-9(12)10(15-14-8)11(17)13-6-4-2-3-5-7-16/h16H,2-7,12H2,1H3,(H,13,17)(H,14,15). The molecule has 96 valence electrons. The number of hydrogen-bond donors (Lipinski definition) is 4. The van der Waals surface area contributed by atoms with Crippen molar-refractivity contribution >= 4 is 11.6 Å². The number of hydrogen-bond acceptors (Lipinski definition) is 4. The van der Waals surface area contributed by atoms with Gasteiger partial charge in [0.15, 0.2) is 5.69 Å². The second kappa shape index (κ2) is 6.90. The molecule has 17 heavy (non-hydrogen) atoms. The highest BCUT2D eigenvalue weighted by molar-refractivity contribution is 5.97. The number of rotatable bonds is 7. The summed E-state index contributed by atoms with van der Waals surface area (Å²) >= 11 is 0. The van der Waals surface area contributed by atoms with Crippen LogP contribution in [0, 0.1) is 6.92 Å². The first-order chi connectivity index (χ1) is 8.16. The molecule has 0 fully saturated rings. The molecule has 1 heterocycles. The van der Waals surface area contributed by atoms with Crippen LogP contribution in [0.1, 0.15) is 41.9 Å². The lowest BCUT2D eigenvalue weighted by Crippen LogP contribution is -2.25. The molecule has 0 aromatic carbocycles.